The number of rotatable bonds is 11. The van der Waals surface area contributed by atoms with E-state index in [0.29, 0.717) is 42.9 Å². The van der Waals surface area contributed by atoms with Crippen LogP contribution in [-0.2, 0) is 14.3 Å². The fourth-order valence-corrected chi connectivity index (χ4v) is 3.14. The summed E-state index contributed by atoms with van der Waals surface area (Å²) in [4.78, 5) is 36.9. The van der Waals surface area contributed by atoms with Crippen molar-refractivity contribution >= 4 is 29.1 Å². The van der Waals surface area contributed by atoms with Gasteiger partial charge in [-0.05, 0) is 37.5 Å². The van der Waals surface area contributed by atoms with Crippen molar-refractivity contribution in [2.45, 2.75) is 44.9 Å². The summed E-state index contributed by atoms with van der Waals surface area (Å²) in [6.07, 6.45) is 1.90. The molecular weight excluding hydrogens is 376 g/mol. The van der Waals surface area contributed by atoms with Crippen molar-refractivity contribution in [3.63, 3.8) is 0 Å². The number of hydrogen-bond acceptors (Lipinski definition) is 4. The van der Waals surface area contributed by atoms with E-state index in [0.717, 1.165) is 5.56 Å². The Hall–Kier alpha value is -2.46. The predicted molar refractivity (Wildman–Crippen MR) is 110 cm³/mol. The van der Waals surface area contributed by atoms with Gasteiger partial charge in [0.15, 0.2) is 5.78 Å². The zero-order chi connectivity index (χ0) is 20.4. The van der Waals surface area contributed by atoms with Gasteiger partial charge in [-0.25, -0.2) is 0 Å². The molecule has 28 heavy (non-hydrogen) atoms. The highest BCUT2D eigenvalue weighted by atomic mass is 35.5. The number of ketones is 2. The van der Waals surface area contributed by atoms with Crippen molar-refractivity contribution in [1.29, 1.82) is 0 Å². The van der Waals surface area contributed by atoms with Crippen molar-refractivity contribution < 1.29 is 19.1 Å². The average molecular weight is 401 g/mol. The quantitative estimate of drug-likeness (QED) is 0.288. The molecule has 0 radical (unpaired) electrons. The van der Waals surface area contributed by atoms with E-state index in [4.69, 9.17) is 16.3 Å². The molecule has 0 saturated heterocycles. The number of benzene rings is 2. The van der Waals surface area contributed by atoms with Crippen molar-refractivity contribution in [1.82, 2.24) is 0 Å². The van der Waals surface area contributed by atoms with Crippen molar-refractivity contribution in [3.8, 4) is 0 Å². The summed E-state index contributed by atoms with van der Waals surface area (Å²) in [6, 6.07) is 16.0. The number of Topliss-reactive ketones (excluding diaryl/α,β-unsaturated/α-hetero) is 2. The van der Waals surface area contributed by atoms with E-state index < -0.39 is 5.92 Å². The number of carbonyl (C=O) groups excluding carboxylic acids is 3. The molecule has 0 heterocycles. The Balaban J connectivity index is 2.03. The number of unbranched alkanes of at least 4 members (excludes halogenated alkanes) is 1. The van der Waals surface area contributed by atoms with Gasteiger partial charge in [0, 0.05) is 35.8 Å². The van der Waals surface area contributed by atoms with Gasteiger partial charge in [0.1, 0.15) is 5.78 Å². The highest BCUT2D eigenvalue weighted by Crippen LogP contribution is 2.26. The average Bonchev–Trinajstić information content (AvgIpc) is 2.71. The van der Waals surface area contributed by atoms with E-state index in [1.807, 2.05) is 18.2 Å². The lowest BCUT2D eigenvalue weighted by molar-refractivity contribution is -0.143. The van der Waals surface area contributed by atoms with Crippen molar-refractivity contribution in [3.05, 3.63) is 70.7 Å². The summed E-state index contributed by atoms with van der Waals surface area (Å²) in [5, 5.41) is 0.582. The maximum atomic E-state index is 12.9. The molecule has 0 aliphatic rings. The lowest BCUT2D eigenvalue weighted by atomic mass is 9.86. The summed E-state index contributed by atoms with van der Waals surface area (Å²) < 4.78 is 4.90. The van der Waals surface area contributed by atoms with Gasteiger partial charge in [-0.3, -0.25) is 14.4 Å². The van der Waals surface area contributed by atoms with Crippen LogP contribution in [0, 0.1) is 0 Å². The molecule has 0 spiro atoms. The molecule has 0 saturated carbocycles. The van der Waals surface area contributed by atoms with Gasteiger partial charge < -0.3 is 4.74 Å². The van der Waals surface area contributed by atoms with E-state index in [-0.39, 0.29) is 24.0 Å². The molecule has 0 aromatic heterocycles. The SMILES string of the molecule is CCOC(=O)CCCCC(=O)C(CC(=O)c1ccccc1)c1ccc(Cl)cc1. The summed E-state index contributed by atoms with van der Waals surface area (Å²) >= 11 is 5.96. The van der Waals surface area contributed by atoms with Crippen LogP contribution in [0.5, 0.6) is 0 Å². The third-order valence-corrected chi connectivity index (χ3v) is 4.76. The second-order valence-electron chi connectivity index (χ2n) is 6.58. The van der Waals surface area contributed by atoms with Crippen LogP contribution in [0.2, 0.25) is 5.02 Å². The zero-order valence-corrected chi connectivity index (χ0v) is 16.8. The first-order valence-corrected chi connectivity index (χ1v) is 9.91. The first-order chi connectivity index (χ1) is 13.5. The highest BCUT2D eigenvalue weighted by Gasteiger charge is 2.24. The molecule has 0 N–H and O–H groups in total. The Morgan fingerprint density at radius 3 is 2.21 bits per heavy atom. The third-order valence-electron chi connectivity index (χ3n) is 4.51. The standard InChI is InChI=1S/C23H25ClO4/c1-2-28-23(27)11-7-6-10-21(25)20(17-12-14-19(24)15-13-17)16-22(26)18-8-4-3-5-9-18/h3-5,8-9,12-15,20H,2,6-7,10-11,16H2,1H3. The topological polar surface area (TPSA) is 60.4 Å². The Morgan fingerprint density at radius 1 is 0.929 bits per heavy atom. The number of hydrogen-bond donors (Lipinski definition) is 0. The van der Waals surface area contributed by atoms with Gasteiger partial charge in [-0.2, -0.15) is 0 Å². The van der Waals surface area contributed by atoms with E-state index in [9.17, 15) is 14.4 Å². The molecule has 148 valence electrons. The predicted octanol–water partition coefficient (Wildman–Crippen LogP) is 5.39. The molecule has 2 aromatic rings. The Labute approximate surface area is 170 Å². The van der Waals surface area contributed by atoms with Crippen molar-refractivity contribution in [2.24, 2.45) is 0 Å². The van der Waals surface area contributed by atoms with Gasteiger partial charge in [0.25, 0.3) is 0 Å². The Morgan fingerprint density at radius 2 is 1.57 bits per heavy atom. The fraction of sp³-hybridized carbons (Fsp3) is 0.348. The van der Waals surface area contributed by atoms with Gasteiger partial charge in [-0.1, -0.05) is 54.1 Å². The van der Waals surface area contributed by atoms with Crippen LogP contribution in [0.3, 0.4) is 0 Å². The van der Waals surface area contributed by atoms with Gasteiger partial charge in [0.2, 0.25) is 0 Å². The fourth-order valence-electron chi connectivity index (χ4n) is 3.02. The molecule has 2 rings (SSSR count). The normalized spacial score (nSPS) is 11.6. The molecule has 4 nitrogen and oxygen atoms in total. The summed E-state index contributed by atoms with van der Waals surface area (Å²) in [5.74, 6) is -0.841. The van der Waals surface area contributed by atoms with E-state index in [1.165, 1.54) is 0 Å². The Kier molecular flexibility index (Phi) is 8.89. The van der Waals surface area contributed by atoms with E-state index >= 15 is 0 Å². The minimum Gasteiger partial charge on any atom is -0.466 e. The van der Waals surface area contributed by atoms with Crippen LogP contribution in [0.25, 0.3) is 0 Å². The van der Waals surface area contributed by atoms with Crippen LogP contribution in [-0.4, -0.2) is 24.1 Å². The Bertz CT molecular complexity index is 784. The molecule has 5 heteroatoms. The third kappa shape index (κ3) is 6.93. The first-order valence-electron chi connectivity index (χ1n) is 9.53. The van der Waals surface area contributed by atoms with Crippen molar-refractivity contribution in [2.75, 3.05) is 6.61 Å². The van der Waals surface area contributed by atoms with E-state index in [2.05, 4.69) is 0 Å². The second-order valence-corrected chi connectivity index (χ2v) is 7.01. The van der Waals surface area contributed by atoms with Gasteiger partial charge in [0.05, 0.1) is 6.61 Å². The summed E-state index contributed by atoms with van der Waals surface area (Å²) in [7, 11) is 0. The lowest BCUT2D eigenvalue weighted by Crippen LogP contribution is -2.17. The molecular formula is C23H25ClO4. The maximum Gasteiger partial charge on any atom is 0.305 e. The molecule has 0 fully saturated rings. The zero-order valence-electron chi connectivity index (χ0n) is 16.0. The van der Waals surface area contributed by atoms with E-state index in [1.54, 1.807) is 43.3 Å². The molecule has 1 atom stereocenters. The summed E-state index contributed by atoms with van der Waals surface area (Å²) in [5.41, 5.74) is 1.38. The van der Waals surface area contributed by atoms with Crippen LogP contribution in [0.4, 0.5) is 0 Å². The smallest absolute Gasteiger partial charge is 0.305 e. The molecule has 2 aromatic carbocycles. The minimum absolute atomic E-state index is 0.00420. The molecule has 0 amide bonds. The monoisotopic (exact) mass is 400 g/mol. The van der Waals surface area contributed by atoms with Crippen LogP contribution in [0.15, 0.2) is 54.6 Å². The van der Waals surface area contributed by atoms with Gasteiger partial charge in [-0.15, -0.1) is 0 Å². The molecule has 1 unspecified atom stereocenters. The van der Waals surface area contributed by atoms with Crippen LogP contribution >= 0.6 is 11.6 Å². The number of ether oxygens (including phenoxy) is 1. The van der Waals surface area contributed by atoms with Crippen LogP contribution < -0.4 is 0 Å². The summed E-state index contributed by atoms with van der Waals surface area (Å²) in [6.45, 7) is 2.12. The molecule has 0 bridgehead atoms. The first kappa shape index (κ1) is 21.8. The molecule has 0 aliphatic carbocycles. The number of carbonyl (C=O) groups is 3. The van der Waals surface area contributed by atoms with Gasteiger partial charge >= 0.3 is 5.97 Å². The number of halogens is 1. The molecule has 0 aliphatic heterocycles. The second kappa shape index (κ2) is 11.4. The number of esters is 1. The largest absolute Gasteiger partial charge is 0.466 e. The highest BCUT2D eigenvalue weighted by molar-refractivity contribution is 6.30. The lowest BCUT2D eigenvalue weighted by Gasteiger charge is -2.16. The maximum absolute atomic E-state index is 12.9. The van der Waals surface area contributed by atoms with Crippen LogP contribution in [0.1, 0.15) is 60.9 Å². The minimum atomic E-state index is -0.521.